The standard InChI is InChI=1S/C20H23F3N6S.HI/c1-3-24-19(25-10-9-18-27-17(14-30-18)20(21,22)23)28(2)12-15-11-26-29(13-15)16-7-5-4-6-8-16;/h4-8,11,13-14H,3,9-10,12H2,1-2H3,(H,24,25);1H. The Morgan fingerprint density at radius 2 is 2.00 bits per heavy atom. The summed E-state index contributed by atoms with van der Waals surface area (Å²) in [5, 5.41) is 9.08. The molecule has 0 spiro atoms. The maximum Gasteiger partial charge on any atom is 0.434 e. The Morgan fingerprint density at radius 3 is 2.65 bits per heavy atom. The zero-order chi connectivity index (χ0) is 21.6. The topological polar surface area (TPSA) is 58.3 Å². The lowest BCUT2D eigenvalue weighted by molar-refractivity contribution is -0.140. The maximum atomic E-state index is 12.7. The van der Waals surface area contributed by atoms with Crippen LogP contribution < -0.4 is 5.32 Å². The summed E-state index contributed by atoms with van der Waals surface area (Å²) in [6, 6.07) is 9.83. The van der Waals surface area contributed by atoms with Gasteiger partial charge in [-0.05, 0) is 19.1 Å². The smallest absolute Gasteiger partial charge is 0.357 e. The van der Waals surface area contributed by atoms with E-state index in [1.54, 1.807) is 6.20 Å². The van der Waals surface area contributed by atoms with Crippen LogP contribution in [0.5, 0.6) is 0 Å². The second kappa shape index (κ2) is 11.5. The second-order valence-electron chi connectivity index (χ2n) is 6.59. The van der Waals surface area contributed by atoms with Crippen molar-refractivity contribution in [1.82, 2.24) is 25.0 Å². The summed E-state index contributed by atoms with van der Waals surface area (Å²) in [6.07, 6.45) is -0.280. The third-order valence-electron chi connectivity index (χ3n) is 4.20. The van der Waals surface area contributed by atoms with Crippen LogP contribution in [0, 0.1) is 0 Å². The van der Waals surface area contributed by atoms with Crippen molar-refractivity contribution in [2.45, 2.75) is 26.1 Å². The summed E-state index contributed by atoms with van der Waals surface area (Å²) in [7, 11) is 1.91. The molecule has 0 fully saturated rings. The fourth-order valence-electron chi connectivity index (χ4n) is 2.80. The molecule has 6 nitrogen and oxygen atoms in total. The lowest BCUT2D eigenvalue weighted by Crippen LogP contribution is -2.38. The van der Waals surface area contributed by atoms with Gasteiger partial charge < -0.3 is 10.2 Å². The van der Waals surface area contributed by atoms with Crippen molar-refractivity contribution in [3.05, 3.63) is 64.4 Å². The Balaban J connectivity index is 0.00000341. The number of aromatic nitrogens is 3. The van der Waals surface area contributed by atoms with Crippen molar-refractivity contribution >= 4 is 41.3 Å². The minimum atomic E-state index is -4.41. The number of thiazole rings is 1. The van der Waals surface area contributed by atoms with E-state index >= 15 is 0 Å². The van der Waals surface area contributed by atoms with Gasteiger partial charge in [0.05, 0.1) is 16.9 Å². The molecule has 0 aliphatic rings. The van der Waals surface area contributed by atoms with Crippen molar-refractivity contribution < 1.29 is 13.2 Å². The van der Waals surface area contributed by atoms with Gasteiger partial charge in [0.25, 0.3) is 0 Å². The highest BCUT2D eigenvalue weighted by Gasteiger charge is 2.33. The molecular weight excluding hydrogens is 540 g/mol. The molecule has 3 rings (SSSR count). The Morgan fingerprint density at radius 1 is 1.26 bits per heavy atom. The molecule has 1 aromatic carbocycles. The number of aliphatic imine (C=N–C) groups is 1. The molecule has 3 aromatic rings. The van der Waals surface area contributed by atoms with Gasteiger partial charge in [0.2, 0.25) is 0 Å². The van der Waals surface area contributed by atoms with Gasteiger partial charge in [-0.25, -0.2) is 9.67 Å². The van der Waals surface area contributed by atoms with Crippen molar-refractivity contribution in [3.8, 4) is 5.69 Å². The number of rotatable bonds is 7. The molecule has 11 heteroatoms. The molecule has 0 aliphatic heterocycles. The molecular formula is C20H24F3IN6S. The molecule has 168 valence electrons. The molecule has 0 bridgehead atoms. The normalized spacial score (nSPS) is 11.8. The lowest BCUT2D eigenvalue weighted by atomic mass is 10.3. The van der Waals surface area contributed by atoms with Gasteiger partial charge in [-0.2, -0.15) is 18.3 Å². The highest BCUT2D eigenvalue weighted by molar-refractivity contribution is 14.0. The summed E-state index contributed by atoms with van der Waals surface area (Å²) >= 11 is 1.01. The van der Waals surface area contributed by atoms with E-state index in [1.807, 2.05) is 60.1 Å². The van der Waals surface area contributed by atoms with Crippen molar-refractivity contribution in [3.63, 3.8) is 0 Å². The highest BCUT2D eigenvalue weighted by atomic mass is 127. The summed E-state index contributed by atoms with van der Waals surface area (Å²) in [6.45, 7) is 3.59. The molecule has 0 atom stereocenters. The van der Waals surface area contributed by atoms with Crippen LogP contribution in [0.25, 0.3) is 5.69 Å². The van der Waals surface area contributed by atoms with E-state index in [9.17, 15) is 13.2 Å². The number of nitrogens with zero attached hydrogens (tertiary/aromatic N) is 5. The number of hydrogen-bond acceptors (Lipinski definition) is 4. The fraction of sp³-hybridized carbons (Fsp3) is 0.350. The van der Waals surface area contributed by atoms with Gasteiger partial charge in [-0.3, -0.25) is 4.99 Å². The zero-order valence-electron chi connectivity index (χ0n) is 17.1. The monoisotopic (exact) mass is 564 g/mol. The van der Waals surface area contributed by atoms with E-state index in [0.29, 0.717) is 37.0 Å². The van der Waals surface area contributed by atoms with Gasteiger partial charge in [0.1, 0.15) is 0 Å². The van der Waals surface area contributed by atoms with E-state index in [1.165, 1.54) is 0 Å². The maximum absolute atomic E-state index is 12.7. The van der Waals surface area contributed by atoms with Crippen LogP contribution in [0.15, 0.2) is 53.1 Å². The van der Waals surface area contributed by atoms with Crippen molar-refractivity contribution in [2.75, 3.05) is 20.1 Å². The molecule has 0 unspecified atom stereocenters. The largest absolute Gasteiger partial charge is 0.434 e. The minimum absolute atomic E-state index is 0. The quantitative estimate of drug-likeness (QED) is 0.259. The molecule has 2 aromatic heterocycles. The van der Waals surface area contributed by atoms with Crippen molar-refractivity contribution in [2.24, 2.45) is 4.99 Å². The third-order valence-corrected chi connectivity index (χ3v) is 5.11. The summed E-state index contributed by atoms with van der Waals surface area (Å²) in [4.78, 5) is 10.1. The van der Waals surface area contributed by atoms with Gasteiger partial charge in [-0.15, -0.1) is 35.3 Å². The number of hydrogen-bond donors (Lipinski definition) is 1. The van der Waals surface area contributed by atoms with E-state index in [0.717, 1.165) is 28.0 Å². The molecule has 0 aliphatic carbocycles. The third kappa shape index (κ3) is 7.20. The summed E-state index contributed by atoms with van der Waals surface area (Å²) in [5.41, 5.74) is 1.15. The first-order valence-electron chi connectivity index (χ1n) is 9.47. The fourth-order valence-corrected chi connectivity index (χ4v) is 3.59. The van der Waals surface area contributed by atoms with Gasteiger partial charge in [-0.1, -0.05) is 18.2 Å². The predicted molar refractivity (Wildman–Crippen MR) is 127 cm³/mol. The van der Waals surface area contributed by atoms with E-state index < -0.39 is 11.9 Å². The number of guanidine groups is 1. The molecule has 0 amide bonds. The van der Waals surface area contributed by atoms with Crippen LogP contribution in [0.4, 0.5) is 13.2 Å². The van der Waals surface area contributed by atoms with Crippen LogP contribution in [0.1, 0.15) is 23.2 Å². The highest BCUT2D eigenvalue weighted by Crippen LogP contribution is 2.30. The lowest BCUT2D eigenvalue weighted by Gasteiger charge is -2.21. The second-order valence-corrected chi connectivity index (χ2v) is 7.54. The van der Waals surface area contributed by atoms with Gasteiger partial charge in [0, 0.05) is 50.2 Å². The molecule has 0 radical (unpaired) electrons. The number of halogens is 4. The minimum Gasteiger partial charge on any atom is -0.357 e. The number of alkyl halides is 3. The SMILES string of the molecule is CCNC(=NCCc1nc(C(F)(F)F)cs1)N(C)Cc1cnn(-c2ccccc2)c1.I. The van der Waals surface area contributed by atoms with Crippen LogP contribution in [-0.4, -0.2) is 45.8 Å². The Hall–Kier alpha value is -2.15. The number of nitrogens with one attached hydrogen (secondary N) is 1. The van der Waals surface area contributed by atoms with Crippen LogP contribution in [0.2, 0.25) is 0 Å². The average Bonchev–Trinajstić information content (AvgIpc) is 3.37. The summed E-state index contributed by atoms with van der Waals surface area (Å²) < 4.78 is 39.8. The first kappa shape index (κ1) is 25.1. The molecule has 1 N–H and O–H groups in total. The Bertz CT molecular complexity index is 971. The summed E-state index contributed by atoms with van der Waals surface area (Å²) in [5.74, 6) is 0.678. The number of para-hydroxylation sites is 1. The predicted octanol–water partition coefficient (Wildman–Crippen LogP) is 4.61. The van der Waals surface area contributed by atoms with E-state index in [-0.39, 0.29) is 24.0 Å². The molecule has 31 heavy (non-hydrogen) atoms. The first-order valence-corrected chi connectivity index (χ1v) is 10.3. The van der Waals surface area contributed by atoms with Crippen LogP contribution in [0.3, 0.4) is 0 Å². The Kier molecular flexibility index (Phi) is 9.29. The average molecular weight is 564 g/mol. The Labute approximate surface area is 200 Å². The van der Waals surface area contributed by atoms with Crippen LogP contribution >= 0.6 is 35.3 Å². The van der Waals surface area contributed by atoms with Crippen LogP contribution in [-0.2, 0) is 19.1 Å². The number of benzene rings is 1. The first-order chi connectivity index (χ1) is 14.4. The molecule has 0 saturated carbocycles. The molecule has 2 heterocycles. The van der Waals surface area contributed by atoms with Crippen molar-refractivity contribution in [1.29, 1.82) is 0 Å². The van der Waals surface area contributed by atoms with E-state index in [2.05, 4.69) is 20.4 Å². The molecule has 0 saturated heterocycles. The van der Waals surface area contributed by atoms with Gasteiger partial charge in [0.15, 0.2) is 11.7 Å². The zero-order valence-corrected chi connectivity index (χ0v) is 20.3. The van der Waals surface area contributed by atoms with E-state index in [4.69, 9.17) is 0 Å². The van der Waals surface area contributed by atoms with Gasteiger partial charge >= 0.3 is 6.18 Å².